The number of nitrogens with one attached hydrogen (secondary N) is 2. The van der Waals surface area contributed by atoms with Gasteiger partial charge in [-0.2, -0.15) is 0 Å². The summed E-state index contributed by atoms with van der Waals surface area (Å²) in [6.07, 6.45) is 3.36. The van der Waals surface area contributed by atoms with Gasteiger partial charge in [0.2, 0.25) is 0 Å². The van der Waals surface area contributed by atoms with Crippen LogP contribution in [0.1, 0.15) is 5.56 Å². The highest BCUT2D eigenvalue weighted by molar-refractivity contribution is 5.35. The van der Waals surface area contributed by atoms with Crippen LogP contribution >= 0.6 is 0 Å². The quantitative estimate of drug-likeness (QED) is 0.778. The lowest BCUT2D eigenvalue weighted by molar-refractivity contribution is 0.815. The third kappa shape index (κ3) is 1.99. The molecule has 0 bridgehead atoms. The molecular weight excluding hydrogens is 190 g/mol. The van der Waals surface area contributed by atoms with E-state index in [1.54, 1.807) is 17.0 Å². The minimum atomic E-state index is -0.114. The maximum Gasteiger partial charge on any atom is 0.330 e. The molecule has 0 aliphatic carbocycles. The maximum atomic E-state index is 11.4. The van der Waals surface area contributed by atoms with Gasteiger partial charge in [0.15, 0.2) is 0 Å². The summed E-state index contributed by atoms with van der Waals surface area (Å²) in [6.45, 7) is 0.799. The van der Waals surface area contributed by atoms with Crippen molar-refractivity contribution in [3.8, 4) is 5.69 Å². The minimum Gasteiger partial charge on any atom is -0.316 e. The highest BCUT2D eigenvalue weighted by Crippen LogP contribution is 2.08. The van der Waals surface area contributed by atoms with Crippen molar-refractivity contribution in [2.24, 2.45) is 0 Å². The van der Waals surface area contributed by atoms with Gasteiger partial charge in [0, 0.05) is 18.9 Å². The van der Waals surface area contributed by atoms with Crippen LogP contribution in [-0.4, -0.2) is 16.6 Å². The molecule has 4 heteroatoms. The summed E-state index contributed by atoms with van der Waals surface area (Å²) in [4.78, 5) is 14.0. The van der Waals surface area contributed by atoms with E-state index in [-0.39, 0.29) is 5.69 Å². The fourth-order valence-corrected chi connectivity index (χ4v) is 1.54. The molecule has 1 aromatic heterocycles. The van der Waals surface area contributed by atoms with Crippen LogP contribution in [0.3, 0.4) is 0 Å². The Morgan fingerprint density at radius 2 is 2.33 bits per heavy atom. The zero-order valence-electron chi connectivity index (χ0n) is 8.53. The molecule has 78 valence electrons. The topological polar surface area (TPSA) is 49.8 Å². The normalized spacial score (nSPS) is 10.5. The van der Waals surface area contributed by atoms with Crippen molar-refractivity contribution in [1.29, 1.82) is 0 Å². The Kier molecular flexibility index (Phi) is 2.69. The van der Waals surface area contributed by atoms with Crippen LogP contribution in [0.2, 0.25) is 0 Å². The lowest BCUT2D eigenvalue weighted by atomic mass is 10.2. The molecule has 0 saturated heterocycles. The monoisotopic (exact) mass is 203 g/mol. The van der Waals surface area contributed by atoms with Gasteiger partial charge in [-0.3, -0.25) is 4.57 Å². The van der Waals surface area contributed by atoms with Crippen LogP contribution in [0.5, 0.6) is 0 Å². The molecule has 4 nitrogen and oxygen atoms in total. The minimum absolute atomic E-state index is 0.114. The van der Waals surface area contributed by atoms with Gasteiger partial charge in [-0.05, 0) is 24.7 Å². The van der Waals surface area contributed by atoms with Gasteiger partial charge in [0.05, 0.1) is 5.69 Å². The molecule has 0 aliphatic rings. The predicted octanol–water partition coefficient (Wildman–Crippen LogP) is 0.885. The Labute approximate surface area is 87.6 Å². The van der Waals surface area contributed by atoms with E-state index in [1.165, 1.54) is 0 Å². The van der Waals surface area contributed by atoms with E-state index in [2.05, 4.69) is 10.3 Å². The summed E-state index contributed by atoms with van der Waals surface area (Å²) in [7, 11) is 1.90. The number of aromatic amines is 1. The van der Waals surface area contributed by atoms with Crippen molar-refractivity contribution in [2.75, 3.05) is 7.05 Å². The molecule has 1 aromatic carbocycles. The van der Waals surface area contributed by atoms with E-state index in [4.69, 9.17) is 0 Å². The van der Waals surface area contributed by atoms with Crippen molar-refractivity contribution in [2.45, 2.75) is 6.54 Å². The van der Waals surface area contributed by atoms with E-state index in [9.17, 15) is 4.79 Å². The van der Waals surface area contributed by atoms with Crippen molar-refractivity contribution in [3.05, 3.63) is 52.7 Å². The zero-order valence-corrected chi connectivity index (χ0v) is 8.53. The van der Waals surface area contributed by atoms with Gasteiger partial charge in [-0.1, -0.05) is 12.1 Å². The summed E-state index contributed by atoms with van der Waals surface area (Å²) >= 11 is 0. The molecule has 0 amide bonds. The first kappa shape index (κ1) is 9.73. The van der Waals surface area contributed by atoms with E-state index >= 15 is 0 Å². The number of benzene rings is 1. The highest BCUT2D eigenvalue weighted by Gasteiger charge is 2.00. The van der Waals surface area contributed by atoms with E-state index < -0.39 is 0 Å². The van der Waals surface area contributed by atoms with Gasteiger partial charge >= 0.3 is 5.69 Å². The molecule has 0 radical (unpaired) electrons. The molecule has 2 rings (SSSR count). The second-order valence-corrected chi connectivity index (χ2v) is 3.34. The second kappa shape index (κ2) is 4.14. The molecule has 2 aromatic rings. The third-order valence-electron chi connectivity index (χ3n) is 2.22. The lowest BCUT2D eigenvalue weighted by Crippen LogP contribution is -2.14. The Morgan fingerprint density at radius 3 is 3.00 bits per heavy atom. The molecule has 0 atom stereocenters. The fourth-order valence-electron chi connectivity index (χ4n) is 1.54. The van der Waals surface area contributed by atoms with Gasteiger partial charge in [-0.15, -0.1) is 0 Å². The second-order valence-electron chi connectivity index (χ2n) is 3.34. The van der Waals surface area contributed by atoms with Crippen molar-refractivity contribution in [1.82, 2.24) is 14.9 Å². The molecule has 1 heterocycles. The number of hydrogen-bond donors (Lipinski definition) is 2. The number of nitrogens with zero attached hydrogens (tertiary/aromatic N) is 1. The average Bonchev–Trinajstić information content (AvgIpc) is 2.65. The third-order valence-corrected chi connectivity index (χ3v) is 2.22. The maximum absolute atomic E-state index is 11.4. The Bertz CT molecular complexity index is 498. The van der Waals surface area contributed by atoms with E-state index in [0.29, 0.717) is 0 Å². The van der Waals surface area contributed by atoms with Crippen LogP contribution in [-0.2, 0) is 6.54 Å². The Morgan fingerprint density at radius 1 is 1.47 bits per heavy atom. The molecular formula is C11H13N3O. The predicted molar refractivity (Wildman–Crippen MR) is 59.2 cm³/mol. The van der Waals surface area contributed by atoms with Gasteiger partial charge in [0.1, 0.15) is 0 Å². The first-order valence-corrected chi connectivity index (χ1v) is 4.81. The summed E-state index contributed by atoms with van der Waals surface area (Å²) < 4.78 is 1.58. The van der Waals surface area contributed by atoms with Crippen LogP contribution in [0.25, 0.3) is 5.69 Å². The number of hydrogen-bond acceptors (Lipinski definition) is 2. The summed E-state index contributed by atoms with van der Waals surface area (Å²) in [5, 5.41) is 3.08. The molecule has 0 saturated carbocycles. The van der Waals surface area contributed by atoms with Gasteiger partial charge < -0.3 is 10.3 Å². The smallest absolute Gasteiger partial charge is 0.316 e. The fraction of sp³-hybridized carbons (Fsp3) is 0.182. The molecule has 0 unspecified atom stereocenters. The van der Waals surface area contributed by atoms with Gasteiger partial charge in [-0.25, -0.2) is 4.79 Å². The number of rotatable bonds is 3. The zero-order chi connectivity index (χ0) is 10.7. The SMILES string of the molecule is CNCc1cccc(-n2cc[nH]c2=O)c1. The van der Waals surface area contributed by atoms with E-state index in [0.717, 1.165) is 17.8 Å². The standard InChI is InChI=1S/C11H13N3O/c1-12-8-9-3-2-4-10(7-9)14-6-5-13-11(14)15/h2-7,12H,8H2,1H3,(H,13,15). The van der Waals surface area contributed by atoms with E-state index in [1.807, 2.05) is 31.3 Å². The average molecular weight is 203 g/mol. The summed E-state index contributed by atoms with van der Waals surface area (Å²) in [5.74, 6) is 0. The molecule has 2 N–H and O–H groups in total. The van der Waals surface area contributed by atoms with Crippen molar-refractivity contribution < 1.29 is 0 Å². The first-order valence-electron chi connectivity index (χ1n) is 4.81. The number of imidazole rings is 1. The number of H-pyrrole nitrogens is 1. The van der Waals surface area contributed by atoms with Crippen LogP contribution in [0.4, 0.5) is 0 Å². The molecule has 0 aliphatic heterocycles. The summed E-state index contributed by atoms with van der Waals surface area (Å²) in [5.41, 5.74) is 1.92. The molecule has 15 heavy (non-hydrogen) atoms. The van der Waals surface area contributed by atoms with Crippen molar-refractivity contribution >= 4 is 0 Å². The lowest BCUT2D eigenvalue weighted by Gasteiger charge is -2.04. The highest BCUT2D eigenvalue weighted by atomic mass is 16.1. The largest absolute Gasteiger partial charge is 0.330 e. The molecule has 0 spiro atoms. The van der Waals surface area contributed by atoms with Gasteiger partial charge in [0.25, 0.3) is 0 Å². The Hall–Kier alpha value is -1.81. The van der Waals surface area contributed by atoms with Crippen LogP contribution in [0, 0.1) is 0 Å². The van der Waals surface area contributed by atoms with Crippen LogP contribution in [0.15, 0.2) is 41.5 Å². The van der Waals surface area contributed by atoms with Crippen LogP contribution < -0.4 is 11.0 Å². The molecule has 0 fully saturated rings. The van der Waals surface area contributed by atoms with Crippen molar-refractivity contribution in [3.63, 3.8) is 0 Å². The first-order chi connectivity index (χ1) is 7.31. The Balaban J connectivity index is 2.41. The number of aromatic nitrogens is 2. The summed E-state index contributed by atoms with van der Waals surface area (Å²) in [6, 6.07) is 7.87.